The lowest BCUT2D eigenvalue weighted by Gasteiger charge is -2.19. The normalized spacial score (nSPS) is 11.6. The van der Waals surface area contributed by atoms with Gasteiger partial charge in [-0.1, -0.05) is 103 Å². The number of ether oxygens (including phenoxy) is 1. The zero-order chi connectivity index (χ0) is 33.6. The first-order valence-corrected chi connectivity index (χ1v) is 16.5. The molecular weight excluding hydrogens is 625 g/mol. The molecule has 0 fully saturated rings. The molecule has 1 aromatic heterocycles. The maximum atomic E-state index is 13.1. The Morgan fingerprint density at radius 3 is 2.23 bits per heavy atom. The van der Waals surface area contributed by atoms with Crippen molar-refractivity contribution in [3.05, 3.63) is 131 Å². The first-order valence-electron chi connectivity index (χ1n) is 15.6. The molecule has 5 aromatic rings. The minimum absolute atomic E-state index is 0.101. The number of aryl methyl sites for hydroxylation is 1. The van der Waals surface area contributed by atoms with Crippen molar-refractivity contribution >= 4 is 63.8 Å². The maximum absolute atomic E-state index is 13.1. The van der Waals surface area contributed by atoms with E-state index in [0.29, 0.717) is 18.8 Å². The average Bonchev–Trinajstić information content (AvgIpc) is 3.48. The number of amides is 1. The number of aromatic nitrogens is 2. The van der Waals surface area contributed by atoms with E-state index in [4.69, 9.17) is 32.9 Å². The lowest BCUT2D eigenvalue weighted by Crippen LogP contribution is -2.26. The summed E-state index contributed by atoms with van der Waals surface area (Å²) in [4.78, 5) is 19.7. The SMILES string of the molecule is C/C(Cl)=C\CCl.C/C=C/c1cn(CCCC(=O)N(C)c2cccc3ccccc23)c(/C=C/c2ccc(-c3ccc(OC)cc3)cc2)n1. The van der Waals surface area contributed by atoms with Gasteiger partial charge in [0.1, 0.15) is 11.6 Å². The highest BCUT2D eigenvalue weighted by Gasteiger charge is 2.14. The summed E-state index contributed by atoms with van der Waals surface area (Å²) in [7, 11) is 3.54. The van der Waals surface area contributed by atoms with Gasteiger partial charge in [0.05, 0.1) is 18.5 Å². The topological polar surface area (TPSA) is 47.4 Å². The minimum atomic E-state index is 0.101. The fraction of sp³-hybridized carbons (Fsp3) is 0.200. The second kappa shape index (κ2) is 17.9. The van der Waals surface area contributed by atoms with E-state index in [1.807, 2.05) is 74.8 Å². The van der Waals surface area contributed by atoms with Gasteiger partial charge in [-0.05, 0) is 72.7 Å². The van der Waals surface area contributed by atoms with E-state index in [-0.39, 0.29) is 5.91 Å². The van der Waals surface area contributed by atoms with Gasteiger partial charge >= 0.3 is 0 Å². The molecule has 0 aliphatic rings. The van der Waals surface area contributed by atoms with Crippen molar-refractivity contribution in [3.8, 4) is 16.9 Å². The summed E-state index contributed by atoms with van der Waals surface area (Å²) in [6.45, 7) is 4.49. The van der Waals surface area contributed by atoms with Gasteiger partial charge in [0.2, 0.25) is 5.91 Å². The fourth-order valence-electron chi connectivity index (χ4n) is 5.07. The zero-order valence-corrected chi connectivity index (χ0v) is 28.9. The predicted octanol–water partition coefficient (Wildman–Crippen LogP) is 10.7. The number of halogens is 2. The molecule has 0 spiro atoms. The van der Waals surface area contributed by atoms with E-state index in [9.17, 15) is 4.79 Å². The van der Waals surface area contributed by atoms with Crippen LogP contribution in [0.2, 0.25) is 0 Å². The molecule has 0 radical (unpaired) electrons. The average molecular weight is 667 g/mol. The fourth-order valence-corrected chi connectivity index (χ4v) is 5.45. The van der Waals surface area contributed by atoms with Crippen LogP contribution in [0.15, 0.2) is 114 Å². The summed E-state index contributed by atoms with van der Waals surface area (Å²) in [5, 5.41) is 2.97. The van der Waals surface area contributed by atoms with Crippen molar-refractivity contribution in [1.29, 1.82) is 0 Å². The lowest BCUT2D eigenvalue weighted by atomic mass is 10.0. The number of carbonyl (C=O) groups excluding carboxylic acids is 1. The van der Waals surface area contributed by atoms with Gasteiger partial charge in [-0.2, -0.15) is 0 Å². The van der Waals surface area contributed by atoms with Crippen LogP contribution >= 0.6 is 23.2 Å². The largest absolute Gasteiger partial charge is 0.497 e. The second-order valence-electron chi connectivity index (χ2n) is 10.9. The van der Waals surface area contributed by atoms with Gasteiger partial charge in [0, 0.05) is 42.5 Å². The first-order chi connectivity index (χ1) is 22.8. The first kappa shape index (κ1) is 35.3. The van der Waals surface area contributed by atoms with Crippen LogP contribution in [0.4, 0.5) is 5.69 Å². The van der Waals surface area contributed by atoms with E-state index in [1.54, 1.807) is 25.0 Å². The van der Waals surface area contributed by atoms with Crippen molar-refractivity contribution in [3.63, 3.8) is 0 Å². The number of anilines is 1. The Morgan fingerprint density at radius 1 is 0.915 bits per heavy atom. The van der Waals surface area contributed by atoms with Crippen LogP contribution in [0.5, 0.6) is 5.75 Å². The van der Waals surface area contributed by atoms with Crippen LogP contribution in [0.25, 0.3) is 40.1 Å². The molecule has 47 heavy (non-hydrogen) atoms. The van der Waals surface area contributed by atoms with Gasteiger partial charge in [0.15, 0.2) is 0 Å². The molecule has 5 nitrogen and oxygen atoms in total. The monoisotopic (exact) mass is 665 g/mol. The van der Waals surface area contributed by atoms with E-state index in [2.05, 4.69) is 65.2 Å². The number of hydrogen-bond donors (Lipinski definition) is 0. The van der Waals surface area contributed by atoms with Crippen LogP contribution < -0.4 is 9.64 Å². The van der Waals surface area contributed by atoms with E-state index >= 15 is 0 Å². The van der Waals surface area contributed by atoms with E-state index < -0.39 is 0 Å². The van der Waals surface area contributed by atoms with Crippen LogP contribution in [-0.4, -0.2) is 35.5 Å². The van der Waals surface area contributed by atoms with Crippen LogP contribution in [-0.2, 0) is 11.3 Å². The number of fused-ring (bicyclic) bond motifs is 1. The number of alkyl halides is 1. The number of allylic oxidation sites excluding steroid dienone is 3. The summed E-state index contributed by atoms with van der Waals surface area (Å²) in [6.07, 6.45) is 13.1. The summed E-state index contributed by atoms with van der Waals surface area (Å²) in [6, 6.07) is 30.8. The van der Waals surface area contributed by atoms with Crippen molar-refractivity contribution in [2.45, 2.75) is 33.2 Å². The molecule has 0 aliphatic carbocycles. The number of rotatable bonds is 11. The third-order valence-electron chi connectivity index (χ3n) is 7.57. The third kappa shape index (κ3) is 10.2. The molecule has 5 rings (SSSR count). The lowest BCUT2D eigenvalue weighted by molar-refractivity contribution is -0.118. The molecule has 7 heteroatoms. The quantitative estimate of drug-likeness (QED) is 0.132. The Bertz CT molecular complexity index is 1830. The molecule has 0 aliphatic heterocycles. The number of carbonyl (C=O) groups is 1. The smallest absolute Gasteiger partial charge is 0.226 e. The summed E-state index contributed by atoms with van der Waals surface area (Å²) in [5.74, 6) is 2.33. The number of benzene rings is 4. The summed E-state index contributed by atoms with van der Waals surface area (Å²) >= 11 is 10.6. The molecule has 0 saturated heterocycles. The van der Waals surface area contributed by atoms with Crippen LogP contribution in [0.3, 0.4) is 0 Å². The number of imidazole rings is 1. The van der Waals surface area contributed by atoms with Crippen molar-refractivity contribution < 1.29 is 9.53 Å². The highest BCUT2D eigenvalue weighted by Crippen LogP contribution is 2.27. The van der Waals surface area contributed by atoms with Gasteiger partial charge in [0.25, 0.3) is 0 Å². The van der Waals surface area contributed by atoms with E-state index in [1.165, 1.54) is 0 Å². The number of hydrogen-bond acceptors (Lipinski definition) is 3. The Kier molecular flexibility index (Phi) is 13.5. The van der Waals surface area contributed by atoms with Gasteiger partial charge in [-0.25, -0.2) is 4.98 Å². The van der Waals surface area contributed by atoms with E-state index in [0.717, 1.165) is 61.9 Å². The maximum Gasteiger partial charge on any atom is 0.226 e. The van der Waals surface area contributed by atoms with Crippen LogP contribution in [0.1, 0.15) is 43.8 Å². The highest BCUT2D eigenvalue weighted by molar-refractivity contribution is 6.30. The molecule has 1 amide bonds. The minimum Gasteiger partial charge on any atom is -0.497 e. The Balaban J connectivity index is 0.000000762. The predicted molar refractivity (Wildman–Crippen MR) is 201 cm³/mol. The standard InChI is InChI=1S/C36H35N3O2.C4H6Cl2/c1-4-9-31-26-39(25-8-14-36(40)38(2)34-13-7-11-30-10-5-6-12-33(30)34)35(37-31)24-17-27-15-18-28(19-16-27)29-20-22-32(41-3)23-21-29;1-4(6)2-3-5/h4-7,9-13,15-24,26H,8,14,25H2,1-3H3;2H,3H2,1H3/b9-4+,24-17+;4-2+. The molecule has 0 bridgehead atoms. The molecular formula is C40H41Cl2N3O2. The third-order valence-corrected chi connectivity index (χ3v) is 7.88. The molecule has 0 N–H and O–H groups in total. The van der Waals surface area contributed by atoms with Crippen molar-refractivity contribution in [1.82, 2.24) is 9.55 Å². The van der Waals surface area contributed by atoms with Gasteiger partial charge in [-0.15, -0.1) is 11.6 Å². The highest BCUT2D eigenvalue weighted by atomic mass is 35.5. The molecule has 0 atom stereocenters. The Hall–Kier alpha value is -4.58. The summed E-state index contributed by atoms with van der Waals surface area (Å²) in [5.41, 5.74) is 5.23. The number of methoxy groups -OCH3 is 1. The number of nitrogens with zero attached hydrogens (tertiary/aromatic N) is 3. The Morgan fingerprint density at radius 2 is 1.60 bits per heavy atom. The second-order valence-corrected chi connectivity index (χ2v) is 11.8. The summed E-state index contributed by atoms with van der Waals surface area (Å²) < 4.78 is 7.39. The molecule has 0 saturated carbocycles. The molecule has 242 valence electrons. The molecule has 1 heterocycles. The van der Waals surface area contributed by atoms with Crippen molar-refractivity contribution in [2.24, 2.45) is 0 Å². The molecule has 4 aromatic carbocycles. The van der Waals surface area contributed by atoms with Gasteiger partial charge in [-0.3, -0.25) is 4.79 Å². The molecule has 0 unspecified atom stereocenters. The Labute approximate surface area is 288 Å². The van der Waals surface area contributed by atoms with Crippen molar-refractivity contribution in [2.75, 3.05) is 24.9 Å². The zero-order valence-electron chi connectivity index (χ0n) is 27.4. The van der Waals surface area contributed by atoms with Gasteiger partial charge < -0.3 is 14.2 Å². The van der Waals surface area contributed by atoms with Crippen LogP contribution in [0, 0.1) is 0 Å².